The molecule has 1 atom stereocenters. The number of benzene rings is 2. The van der Waals surface area contributed by atoms with Gasteiger partial charge in [-0.3, -0.25) is 4.79 Å². The molecule has 4 rings (SSSR count). The number of rotatable bonds is 4. The number of fused-ring (bicyclic) bond motifs is 1. The summed E-state index contributed by atoms with van der Waals surface area (Å²) >= 11 is 6.15. The molecule has 0 radical (unpaired) electrons. The number of hydrogen-bond donors (Lipinski definition) is 2. The van der Waals surface area contributed by atoms with Crippen LogP contribution in [0.1, 0.15) is 28.5 Å². The fourth-order valence-corrected chi connectivity index (χ4v) is 4.04. The molecule has 1 aliphatic rings. The van der Waals surface area contributed by atoms with E-state index in [2.05, 4.69) is 5.32 Å². The molecule has 1 aliphatic heterocycles. The minimum atomic E-state index is -0.378. The van der Waals surface area contributed by atoms with Crippen LogP contribution in [0.5, 0.6) is 0 Å². The van der Waals surface area contributed by atoms with Gasteiger partial charge in [0, 0.05) is 34.5 Å². The van der Waals surface area contributed by atoms with Gasteiger partial charge >= 0.3 is 0 Å². The van der Waals surface area contributed by atoms with E-state index in [-0.39, 0.29) is 17.8 Å². The zero-order valence-corrected chi connectivity index (χ0v) is 16.3. The number of nitrogens with two attached hydrogens (primary N) is 1. The van der Waals surface area contributed by atoms with Crippen molar-refractivity contribution >= 4 is 17.5 Å². The third-order valence-electron chi connectivity index (χ3n) is 5.16. The van der Waals surface area contributed by atoms with Crippen LogP contribution in [0.3, 0.4) is 0 Å². The van der Waals surface area contributed by atoms with Gasteiger partial charge in [-0.25, -0.2) is 4.39 Å². The van der Waals surface area contributed by atoms with E-state index in [1.165, 1.54) is 12.1 Å². The Bertz CT molecular complexity index is 1060. The molecule has 144 valence electrons. The van der Waals surface area contributed by atoms with Crippen molar-refractivity contribution < 1.29 is 9.18 Å². The van der Waals surface area contributed by atoms with E-state index in [1.54, 1.807) is 6.07 Å². The van der Waals surface area contributed by atoms with Gasteiger partial charge < -0.3 is 15.6 Å². The highest BCUT2D eigenvalue weighted by Crippen LogP contribution is 2.41. The molecule has 0 saturated carbocycles. The Morgan fingerprint density at radius 2 is 2.07 bits per heavy atom. The highest BCUT2D eigenvalue weighted by Gasteiger charge is 2.31. The Kier molecular flexibility index (Phi) is 4.96. The largest absolute Gasteiger partial charge is 0.349 e. The number of nitrogens with zero attached hydrogens (tertiary/aromatic N) is 1. The van der Waals surface area contributed by atoms with Gasteiger partial charge in [-0.1, -0.05) is 41.4 Å². The van der Waals surface area contributed by atoms with Crippen LogP contribution in [-0.2, 0) is 0 Å². The Hall–Kier alpha value is -2.63. The van der Waals surface area contributed by atoms with Crippen LogP contribution in [0.15, 0.2) is 48.7 Å². The topological polar surface area (TPSA) is 60.0 Å². The van der Waals surface area contributed by atoms with Gasteiger partial charge in [0.2, 0.25) is 0 Å². The SMILES string of the molecule is Cc1cccc(-c2c(-c3cc(Cl)ccc3F)cn3c2C(=O)NCC3CCN)c1. The number of aromatic nitrogens is 1. The third-order valence-corrected chi connectivity index (χ3v) is 5.40. The molecule has 2 heterocycles. The Labute approximate surface area is 168 Å². The molecule has 4 nitrogen and oxygen atoms in total. The predicted octanol–water partition coefficient (Wildman–Crippen LogP) is 4.56. The highest BCUT2D eigenvalue weighted by molar-refractivity contribution is 6.30. The fraction of sp³-hybridized carbons (Fsp3) is 0.227. The van der Waals surface area contributed by atoms with Crippen LogP contribution in [0.25, 0.3) is 22.3 Å². The molecule has 2 aromatic carbocycles. The summed E-state index contributed by atoms with van der Waals surface area (Å²) in [4.78, 5) is 12.8. The number of carbonyl (C=O) groups excluding carboxylic acids is 1. The minimum Gasteiger partial charge on any atom is -0.349 e. The van der Waals surface area contributed by atoms with Gasteiger partial charge in [-0.05, 0) is 43.7 Å². The fourth-order valence-electron chi connectivity index (χ4n) is 3.87. The molecule has 28 heavy (non-hydrogen) atoms. The summed E-state index contributed by atoms with van der Waals surface area (Å²) in [5, 5.41) is 3.40. The molecule has 0 saturated heterocycles. The van der Waals surface area contributed by atoms with Crippen LogP contribution >= 0.6 is 11.6 Å². The van der Waals surface area contributed by atoms with Crippen molar-refractivity contribution in [1.29, 1.82) is 0 Å². The summed E-state index contributed by atoms with van der Waals surface area (Å²) in [6.45, 7) is 2.99. The maximum absolute atomic E-state index is 14.7. The van der Waals surface area contributed by atoms with Crippen LogP contribution in [0.2, 0.25) is 5.02 Å². The first kappa shape index (κ1) is 18.7. The average Bonchev–Trinajstić information content (AvgIpc) is 3.07. The summed E-state index contributed by atoms with van der Waals surface area (Å²) in [6.07, 6.45) is 2.58. The van der Waals surface area contributed by atoms with Gasteiger partial charge in [-0.15, -0.1) is 0 Å². The standard InChI is InChI=1S/C22H21ClFN3O/c1-13-3-2-4-14(9-13)20-18(17-10-15(23)5-6-19(17)24)12-27-16(7-8-25)11-26-22(28)21(20)27/h2-6,9-10,12,16H,7-8,11,25H2,1H3,(H,26,28). The van der Waals surface area contributed by atoms with Crippen molar-refractivity contribution in [1.82, 2.24) is 9.88 Å². The molecular formula is C22H21ClFN3O. The quantitative estimate of drug-likeness (QED) is 0.678. The Morgan fingerprint density at radius 1 is 1.25 bits per heavy atom. The van der Waals surface area contributed by atoms with E-state index in [4.69, 9.17) is 17.3 Å². The number of nitrogens with one attached hydrogen (secondary N) is 1. The van der Waals surface area contributed by atoms with Gasteiger partial charge in [0.05, 0.1) is 6.04 Å². The van der Waals surface area contributed by atoms with E-state index in [9.17, 15) is 9.18 Å². The van der Waals surface area contributed by atoms with Crippen LogP contribution in [0, 0.1) is 12.7 Å². The molecule has 3 aromatic rings. The van der Waals surface area contributed by atoms with Crippen molar-refractivity contribution in [2.24, 2.45) is 5.73 Å². The molecule has 1 aromatic heterocycles. The van der Waals surface area contributed by atoms with E-state index >= 15 is 0 Å². The lowest BCUT2D eigenvalue weighted by atomic mass is 9.95. The first-order chi connectivity index (χ1) is 13.5. The second-order valence-electron chi connectivity index (χ2n) is 7.11. The van der Waals surface area contributed by atoms with E-state index in [0.717, 1.165) is 11.1 Å². The molecule has 0 spiro atoms. The van der Waals surface area contributed by atoms with Gasteiger partial charge in [0.25, 0.3) is 5.91 Å². The summed E-state index contributed by atoms with van der Waals surface area (Å²) < 4.78 is 16.7. The van der Waals surface area contributed by atoms with E-state index in [1.807, 2.05) is 42.0 Å². The van der Waals surface area contributed by atoms with Crippen molar-refractivity contribution in [2.75, 3.05) is 13.1 Å². The smallest absolute Gasteiger partial charge is 0.268 e. The summed E-state index contributed by atoms with van der Waals surface area (Å²) in [7, 11) is 0. The molecular weight excluding hydrogens is 377 g/mol. The highest BCUT2D eigenvalue weighted by atomic mass is 35.5. The first-order valence-corrected chi connectivity index (χ1v) is 9.63. The lowest BCUT2D eigenvalue weighted by Crippen LogP contribution is -2.39. The number of aryl methyl sites for hydroxylation is 1. The summed E-state index contributed by atoms with van der Waals surface area (Å²) in [5.74, 6) is -0.546. The Balaban J connectivity index is 2.04. The van der Waals surface area contributed by atoms with Crippen molar-refractivity contribution in [2.45, 2.75) is 19.4 Å². The van der Waals surface area contributed by atoms with Crippen LogP contribution in [-0.4, -0.2) is 23.6 Å². The maximum Gasteiger partial charge on any atom is 0.268 e. The molecule has 1 amide bonds. The second kappa shape index (κ2) is 7.41. The minimum absolute atomic E-state index is 0.0252. The van der Waals surface area contributed by atoms with Crippen LogP contribution < -0.4 is 11.1 Å². The lowest BCUT2D eigenvalue weighted by Gasteiger charge is -2.26. The predicted molar refractivity (Wildman–Crippen MR) is 110 cm³/mol. The Morgan fingerprint density at radius 3 is 2.82 bits per heavy atom. The van der Waals surface area contributed by atoms with Gasteiger partial charge in [0.15, 0.2) is 0 Å². The average molecular weight is 398 g/mol. The van der Waals surface area contributed by atoms with Gasteiger partial charge in [-0.2, -0.15) is 0 Å². The van der Waals surface area contributed by atoms with Gasteiger partial charge in [0.1, 0.15) is 11.5 Å². The molecule has 3 N–H and O–H groups in total. The number of halogens is 2. The monoisotopic (exact) mass is 397 g/mol. The molecule has 6 heteroatoms. The first-order valence-electron chi connectivity index (χ1n) is 9.25. The molecule has 0 aliphatic carbocycles. The van der Waals surface area contributed by atoms with Crippen molar-refractivity contribution in [3.63, 3.8) is 0 Å². The summed E-state index contributed by atoms with van der Waals surface area (Å²) in [6, 6.07) is 12.4. The van der Waals surface area contributed by atoms with Crippen LogP contribution in [0.4, 0.5) is 4.39 Å². The zero-order chi connectivity index (χ0) is 19.8. The zero-order valence-electron chi connectivity index (χ0n) is 15.5. The van der Waals surface area contributed by atoms with E-state index in [0.29, 0.717) is 46.9 Å². The number of hydrogen-bond acceptors (Lipinski definition) is 2. The van der Waals surface area contributed by atoms with E-state index < -0.39 is 0 Å². The molecule has 0 fully saturated rings. The number of amides is 1. The second-order valence-corrected chi connectivity index (χ2v) is 7.54. The number of carbonyl (C=O) groups is 1. The third kappa shape index (κ3) is 3.21. The molecule has 1 unspecified atom stereocenters. The maximum atomic E-state index is 14.7. The lowest BCUT2D eigenvalue weighted by molar-refractivity contribution is 0.0914. The van der Waals surface area contributed by atoms with Crippen molar-refractivity contribution in [3.05, 3.63) is 70.8 Å². The molecule has 0 bridgehead atoms. The summed E-state index contributed by atoms with van der Waals surface area (Å²) in [5.41, 5.74) is 9.98. The normalized spacial score (nSPS) is 16.0. The van der Waals surface area contributed by atoms with Crippen molar-refractivity contribution in [3.8, 4) is 22.3 Å².